The van der Waals surface area contributed by atoms with Gasteiger partial charge in [-0.15, -0.1) is 11.6 Å². The Morgan fingerprint density at radius 3 is 2.06 bits per heavy atom. The predicted molar refractivity (Wildman–Crippen MR) is 80.1 cm³/mol. The first kappa shape index (κ1) is 18.2. The van der Waals surface area contributed by atoms with Crippen LogP contribution < -0.4 is 5.32 Å². The van der Waals surface area contributed by atoms with E-state index in [2.05, 4.69) is 19.2 Å². The van der Waals surface area contributed by atoms with Crippen molar-refractivity contribution in [3.63, 3.8) is 0 Å². The molecular formula is C13H28ClNO2S. The number of alkyl halides is 1. The molecule has 0 saturated heterocycles. The van der Waals surface area contributed by atoms with Gasteiger partial charge >= 0.3 is 0 Å². The summed E-state index contributed by atoms with van der Waals surface area (Å²) in [6, 6.07) is 0. The first-order valence-electron chi connectivity index (χ1n) is 6.72. The van der Waals surface area contributed by atoms with Gasteiger partial charge in [-0.3, -0.25) is 0 Å². The zero-order valence-corrected chi connectivity index (χ0v) is 13.9. The number of nitrogens with one attached hydrogen (secondary N) is 1. The molecule has 0 aromatic rings. The van der Waals surface area contributed by atoms with Crippen molar-refractivity contribution in [2.75, 3.05) is 18.8 Å². The van der Waals surface area contributed by atoms with Crippen LogP contribution in [0.3, 0.4) is 0 Å². The fraction of sp³-hybridized carbons (Fsp3) is 1.00. The van der Waals surface area contributed by atoms with Crippen molar-refractivity contribution in [1.29, 1.82) is 0 Å². The van der Waals surface area contributed by atoms with E-state index in [-0.39, 0.29) is 11.1 Å². The highest BCUT2D eigenvalue weighted by molar-refractivity contribution is 7.92. The maximum absolute atomic E-state index is 11.9. The van der Waals surface area contributed by atoms with E-state index in [9.17, 15) is 8.42 Å². The Hall–Kier alpha value is 0.200. The van der Waals surface area contributed by atoms with E-state index in [1.807, 2.05) is 0 Å². The summed E-state index contributed by atoms with van der Waals surface area (Å²) in [5, 5.41) is 3.23. The Bertz CT molecular complexity index is 318. The molecule has 18 heavy (non-hydrogen) atoms. The number of halogens is 1. The Morgan fingerprint density at radius 2 is 1.67 bits per heavy atom. The van der Waals surface area contributed by atoms with Crippen LogP contribution >= 0.6 is 11.6 Å². The van der Waals surface area contributed by atoms with Crippen molar-refractivity contribution in [3.8, 4) is 0 Å². The summed E-state index contributed by atoms with van der Waals surface area (Å²) in [4.78, 5) is 0. The van der Waals surface area contributed by atoms with Gasteiger partial charge in [0.05, 0.1) is 10.5 Å². The van der Waals surface area contributed by atoms with Crippen molar-refractivity contribution < 1.29 is 8.42 Å². The summed E-state index contributed by atoms with van der Waals surface area (Å²) in [7, 11) is -3.03. The summed E-state index contributed by atoms with van der Waals surface area (Å²) in [5.41, 5.74) is 0. The molecule has 0 aromatic carbocycles. The summed E-state index contributed by atoms with van der Waals surface area (Å²) in [5.74, 6) is 0.668. The number of hydrogen-bond donors (Lipinski definition) is 1. The Morgan fingerprint density at radius 1 is 1.17 bits per heavy atom. The number of sulfone groups is 1. The SMILES string of the molecule is CCC(CC)C(Cl)CNCCS(=O)(=O)C(C)(C)C. The second-order valence-corrected chi connectivity index (χ2v) is 9.15. The fourth-order valence-electron chi connectivity index (χ4n) is 1.72. The number of rotatable bonds is 8. The van der Waals surface area contributed by atoms with Gasteiger partial charge in [0.2, 0.25) is 0 Å². The van der Waals surface area contributed by atoms with Crippen LogP contribution in [0.4, 0.5) is 0 Å². The molecule has 1 N–H and O–H groups in total. The highest BCUT2D eigenvalue weighted by Crippen LogP contribution is 2.18. The molecular weight excluding hydrogens is 270 g/mol. The van der Waals surface area contributed by atoms with Crippen molar-refractivity contribution >= 4 is 21.4 Å². The minimum absolute atomic E-state index is 0.0809. The smallest absolute Gasteiger partial charge is 0.156 e. The lowest BCUT2D eigenvalue weighted by atomic mass is 9.99. The van der Waals surface area contributed by atoms with Crippen LogP contribution in [0.25, 0.3) is 0 Å². The summed E-state index contributed by atoms with van der Waals surface area (Å²) < 4.78 is 23.1. The topological polar surface area (TPSA) is 46.2 Å². The van der Waals surface area contributed by atoms with Crippen molar-refractivity contribution in [1.82, 2.24) is 5.32 Å². The molecule has 0 spiro atoms. The molecule has 1 atom stereocenters. The highest BCUT2D eigenvalue weighted by Gasteiger charge is 2.28. The van der Waals surface area contributed by atoms with Gasteiger partial charge in [0.25, 0.3) is 0 Å². The number of hydrogen-bond acceptors (Lipinski definition) is 3. The standard InChI is InChI=1S/C13H28ClNO2S/c1-6-11(7-2)12(14)10-15-8-9-18(16,17)13(3,4)5/h11-12,15H,6-10H2,1-5H3. The van der Waals surface area contributed by atoms with E-state index >= 15 is 0 Å². The molecule has 0 fully saturated rings. The van der Waals surface area contributed by atoms with Crippen LogP contribution in [0.1, 0.15) is 47.5 Å². The molecule has 0 saturated carbocycles. The molecule has 0 rings (SSSR count). The quantitative estimate of drug-likeness (QED) is 0.553. The van der Waals surface area contributed by atoms with Gasteiger partial charge in [0.15, 0.2) is 9.84 Å². The Balaban J connectivity index is 4.02. The van der Waals surface area contributed by atoms with Crippen molar-refractivity contribution in [2.45, 2.75) is 57.6 Å². The minimum atomic E-state index is -3.03. The highest BCUT2D eigenvalue weighted by atomic mass is 35.5. The zero-order chi connectivity index (χ0) is 14.4. The minimum Gasteiger partial charge on any atom is -0.314 e. The first-order valence-corrected chi connectivity index (χ1v) is 8.81. The third kappa shape index (κ3) is 5.89. The van der Waals surface area contributed by atoms with Gasteiger partial charge in [0, 0.05) is 18.5 Å². The molecule has 0 aromatic heterocycles. The van der Waals surface area contributed by atoms with Crippen molar-refractivity contribution in [3.05, 3.63) is 0 Å². The van der Waals surface area contributed by atoms with Crippen LogP contribution in [-0.2, 0) is 9.84 Å². The van der Waals surface area contributed by atoms with Crippen LogP contribution in [0.15, 0.2) is 0 Å². The molecule has 5 heteroatoms. The molecule has 0 bridgehead atoms. The largest absolute Gasteiger partial charge is 0.314 e. The van der Waals surface area contributed by atoms with Crippen LogP contribution in [-0.4, -0.2) is 37.4 Å². The van der Waals surface area contributed by atoms with E-state index in [4.69, 9.17) is 11.6 Å². The molecule has 1 unspecified atom stereocenters. The normalized spacial score (nSPS) is 15.1. The Labute approximate surface area is 118 Å². The van der Waals surface area contributed by atoms with Crippen molar-refractivity contribution in [2.24, 2.45) is 5.92 Å². The molecule has 0 heterocycles. The Kier molecular flexibility index (Phi) is 7.79. The fourth-order valence-corrected chi connectivity index (χ4v) is 3.21. The van der Waals surface area contributed by atoms with E-state index < -0.39 is 14.6 Å². The second kappa shape index (κ2) is 7.71. The first-order chi connectivity index (χ1) is 8.15. The van der Waals surface area contributed by atoms with Gasteiger partial charge < -0.3 is 5.32 Å². The predicted octanol–water partition coefficient (Wildman–Crippen LogP) is 2.83. The summed E-state index contributed by atoms with van der Waals surface area (Å²) in [6.45, 7) is 10.6. The average Bonchev–Trinajstić information content (AvgIpc) is 2.24. The lowest BCUT2D eigenvalue weighted by Crippen LogP contribution is -2.37. The van der Waals surface area contributed by atoms with Gasteiger partial charge in [-0.1, -0.05) is 26.7 Å². The van der Waals surface area contributed by atoms with Gasteiger partial charge in [-0.05, 0) is 26.7 Å². The zero-order valence-electron chi connectivity index (χ0n) is 12.3. The molecule has 0 aliphatic carbocycles. The van der Waals surface area contributed by atoms with Crippen LogP contribution in [0.5, 0.6) is 0 Å². The summed E-state index contributed by atoms with van der Waals surface area (Å²) >= 11 is 6.28. The summed E-state index contributed by atoms with van der Waals surface area (Å²) in [6.07, 6.45) is 2.12. The second-order valence-electron chi connectivity index (χ2n) is 5.73. The lowest BCUT2D eigenvalue weighted by molar-refractivity contribution is 0.449. The lowest BCUT2D eigenvalue weighted by Gasteiger charge is -2.21. The molecule has 3 nitrogen and oxygen atoms in total. The maximum Gasteiger partial charge on any atom is 0.156 e. The maximum atomic E-state index is 11.9. The van der Waals surface area contributed by atoms with Crippen LogP contribution in [0, 0.1) is 5.92 Å². The third-order valence-electron chi connectivity index (χ3n) is 3.38. The van der Waals surface area contributed by atoms with Gasteiger partial charge in [-0.25, -0.2) is 8.42 Å². The van der Waals surface area contributed by atoms with Crippen LogP contribution in [0.2, 0.25) is 0 Å². The van der Waals surface area contributed by atoms with E-state index in [0.717, 1.165) is 12.8 Å². The average molecular weight is 298 g/mol. The monoisotopic (exact) mass is 297 g/mol. The third-order valence-corrected chi connectivity index (χ3v) is 6.50. The van der Waals surface area contributed by atoms with Gasteiger partial charge in [0.1, 0.15) is 0 Å². The van der Waals surface area contributed by atoms with E-state index in [1.165, 1.54) is 0 Å². The molecule has 0 amide bonds. The van der Waals surface area contributed by atoms with Gasteiger partial charge in [-0.2, -0.15) is 0 Å². The van der Waals surface area contributed by atoms with E-state index in [0.29, 0.717) is 19.0 Å². The molecule has 110 valence electrons. The molecule has 0 aliphatic heterocycles. The van der Waals surface area contributed by atoms with E-state index in [1.54, 1.807) is 20.8 Å². The molecule has 0 radical (unpaired) electrons. The molecule has 0 aliphatic rings.